The molecule has 14 heteroatoms. The molecule has 0 radical (unpaired) electrons. The third-order valence-electron chi connectivity index (χ3n) is 11.3. The number of rotatable bonds is 7. The Morgan fingerprint density at radius 1 is 0.765 bits per heavy atom. The lowest BCUT2D eigenvalue weighted by Gasteiger charge is -2.69. The number of hydrogen-bond acceptors (Lipinski definition) is 14. The predicted molar refractivity (Wildman–Crippen MR) is 174 cm³/mol. The summed E-state index contributed by atoms with van der Waals surface area (Å²) < 4.78 is 42.5. The van der Waals surface area contributed by atoms with E-state index in [-0.39, 0.29) is 30.6 Å². The van der Waals surface area contributed by atoms with Gasteiger partial charge >= 0.3 is 35.8 Å². The molecule has 2 saturated carbocycles. The average molecular weight is 715 g/mol. The van der Waals surface area contributed by atoms with Gasteiger partial charge in [-0.25, -0.2) is 4.79 Å². The summed E-state index contributed by atoms with van der Waals surface area (Å²) in [4.78, 5) is 78.6. The normalized spacial score (nSPS) is 36.3. The molecule has 1 aromatic rings. The highest BCUT2D eigenvalue weighted by molar-refractivity contribution is 5.89. The number of carbonyl (C=O) groups excluding carboxylic acids is 6. The fourth-order valence-corrected chi connectivity index (χ4v) is 9.16. The molecule has 1 N–H and O–H groups in total. The minimum atomic E-state index is -2.19. The third-order valence-corrected chi connectivity index (χ3v) is 11.3. The molecular formula is C37H46O14. The number of aliphatic hydroxyl groups is 1. The van der Waals surface area contributed by atoms with Crippen molar-refractivity contribution >= 4 is 35.8 Å². The molecule has 1 saturated heterocycles. The van der Waals surface area contributed by atoms with E-state index in [0.717, 1.165) is 13.8 Å². The van der Waals surface area contributed by atoms with E-state index in [0.29, 0.717) is 5.57 Å². The summed E-state index contributed by atoms with van der Waals surface area (Å²) in [5.74, 6) is -5.93. The van der Waals surface area contributed by atoms with Crippen LogP contribution in [0.3, 0.4) is 0 Å². The van der Waals surface area contributed by atoms with Crippen molar-refractivity contribution in [3.8, 4) is 0 Å². The Morgan fingerprint density at radius 3 is 1.86 bits per heavy atom. The second-order valence-electron chi connectivity index (χ2n) is 14.7. The SMILES string of the molecule is CC(=O)OC1C[C@@]2(O)C(OC(=O)c3ccccc3)C3[C@]4(OC(C)=O)COC4CC(OC(C)=O)[C@@]3(C)C(OC(C)=O)C(OC(C)=O)C(=C1C)C2(C)C. The van der Waals surface area contributed by atoms with Crippen molar-refractivity contribution in [2.75, 3.05) is 6.61 Å². The zero-order valence-electron chi connectivity index (χ0n) is 30.3. The van der Waals surface area contributed by atoms with E-state index in [1.165, 1.54) is 32.9 Å². The molecule has 0 spiro atoms. The lowest BCUT2D eigenvalue weighted by Crippen LogP contribution is -2.82. The van der Waals surface area contributed by atoms with Crippen LogP contribution in [0.1, 0.15) is 85.5 Å². The zero-order valence-corrected chi connectivity index (χ0v) is 30.3. The zero-order chi connectivity index (χ0) is 37.8. The number of benzene rings is 1. The lowest BCUT2D eigenvalue weighted by molar-refractivity contribution is -0.365. The van der Waals surface area contributed by atoms with E-state index in [1.807, 2.05) is 0 Å². The predicted octanol–water partition coefficient (Wildman–Crippen LogP) is 3.16. The van der Waals surface area contributed by atoms with Gasteiger partial charge in [0.05, 0.1) is 23.5 Å². The van der Waals surface area contributed by atoms with Crippen LogP contribution in [0.25, 0.3) is 0 Å². The van der Waals surface area contributed by atoms with Gasteiger partial charge in [-0.3, -0.25) is 24.0 Å². The molecule has 4 aliphatic rings. The topological polar surface area (TPSA) is 187 Å². The van der Waals surface area contributed by atoms with E-state index < -0.39 is 100 Å². The quantitative estimate of drug-likeness (QED) is 0.247. The highest BCUT2D eigenvalue weighted by atomic mass is 16.6. The second kappa shape index (κ2) is 13.4. The van der Waals surface area contributed by atoms with Crippen LogP contribution >= 0.6 is 0 Å². The minimum Gasteiger partial charge on any atom is -0.462 e. The molecule has 1 heterocycles. The fraction of sp³-hybridized carbons (Fsp3) is 0.622. The maximum absolute atomic E-state index is 14.2. The number of hydrogen-bond donors (Lipinski definition) is 1. The third kappa shape index (κ3) is 6.19. The van der Waals surface area contributed by atoms with Crippen molar-refractivity contribution < 1.29 is 67.0 Å². The molecule has 10 atom stereocenters. The second-order valence-corrected chi connectivity index (χ2v) is 14.7. The number of fused-ring (bicyclic) bond motifs is 5. The summed E-state index contributed by atoms with van der Waals surface area (Å²) in [6.45, 7) is 12.2. The van der Waals surface area contributed by atoms with Gasteiger partial charge in [-0.15, -0.1) is 0 Å². The molecule has 3 fully saturated rings. The average Bonchev–Trinajstić information content (AvgIpc) is 3.00. The minimum absolute atomic E-state index is 0.0698. The fourth-order valence-electron chi connectivity index (χ4n) is 9.16. The van der Waals surface area contributed by atoms with Crippen molar-refractivity contribution in [2.24, 2.45) is 16.7 Å². The molecule has 51 heavy (non-hydrogen) atoms. The van der Waals surface area contributed by atoms with Gasteiger partial charge in [-0.2, -0.15) is 0 Å². The summed E-state index contributed by atoms with van der Waals surface area (Å²) in [5.41, 5.74) is -6.32. The van der Waals surface area contributed by atoms with Gasteiger partial charge in [0.25, 0.3) is 0 Å². The van der Waals surface area contributed by atoms with Crippen molar-refractivity contribution in [3.63, 3.8) is 0 Å². The van der Waals surface area contributed by atoms with Gasteiger partial charge < -0.3 is 38.3 Å². The van der Waals surface area contributed by atoms with Crippen molar-refractivity contribution in [3.05, 3.63) is 47.0 Å². The Kier molecular flexibility index (Phi) is 9.93. The molecule has 1 aliphatic heterocycles. The summed E-state index contributed by atoms with van der Waals surface area (Å²) in [5, 5.41) is 13.5. The molecule has 14 nitrogen and oxygen atoms in total. The Morgan fingerprint density at radius 2 is 1.35 bits per heavy atom. The number of esters is 6. The van der Waals surface area contributed by atoms with Gasteiger partial charge in [0.15, 0.2) is 17.8 Å². The van der Waals surface area contributed by atoms with Crippen molar-refractivity contribution in [1.29, 1.82) is 0 Å². The van der Waals surface area contributed by atoms with E-state index in [2.05, 4.69) is 0 Å². The Bertz CT molecular complexity index is 1650. The Hall–Kier alpha value is -4.30. The first-order chi connectivity index (χ1) is 23.7. The maximum Gasteiger partial charge on any atom is 0.338 e. The Balaban J connectivity index is 1.95. The summed E-state index contributed by atoms with van der Waals surface area (Å²) in [6.07, 6.45) is -8.34. The van der Waals surface area contributed by atoms with E-state index in [1.54, 1.807) is 45.9 Å². The van der Waals surface area contributed by atoms with Gasteiger partial charge in [0.2, 0.25) is 0 Å². The summed E-state index contributed by atoms with van der Waals surface area (Å²) in [6, 6.07) is 8.02. The molecular weight excluding hydrogens is 668 g/mol. The smallest absolute Gasteiger partial charge is 0.338 e. The lowest BCUT2D eigenvalue weighted by atomic mass is 9.44. The number of ether oxygens (including phenoxy) is 7. The molecule has 278 valence electrons. The van der Waals surface area contributed by atoms with Crippen LogP contribution in [0.15, 0.2) is 41.5 Å². The Labute approximate surface area is 296 Å². The molecule has 1 aromatic carbocycles. The van der Waals surface area contributed by atoms with Crippen LogP contribution in [-0.2, 0) is 57.1 Å². The summed E-state index contributed by atoms with van der Waals surface area (Å²) in [7, 11) is 0. The van der Waals surface area contributed by atoms with Crippen LogP contribution in [-0.4, -0.2) is 95.4 Å². The first kappa shape index (κ1) is 37.9. The van der Waals surface area contributed by atoms with Crippen LogP contribution in [0.5, 0.6) is 0 Å². The van der Waals surface area contributed by atoms with Gasteiger partial charge in [0, 0.05) is 52.9 Å². The summed E-state index contributed by atoms with van der Waals surface area (Å²) >= 11 is 0. The van der Waals surface area contributed by atoms with Crippen molar-refractivity contribution in [2.45, 2.75) is 123 Å². The standard InChI is InChI=1S/C37H46O14/c1-18-25(46-19(2)38)16-37(44)32(50-33(43)24-13-11-10-12-14-24)30-35(9,26(47-20(3)39)15-27-36(30,17-45-27)51-23(6)42)31(49-22(5)41)29(48-21(4)40)28(18)34(37,7)8/h10-14,25-27,29-32,44H,15-17H2,1-9H3/t25?,26?,27?,29?,30?,31?,32?,35-,36+,37-/m1/s1. The first-order valence-electron chi connectivity index (χ1n) is 16.9. The van der Waals surface area contributed by atoms with Crippen molar-refractivity contribution in [1.82, 2.24) is 0 Å². The number of carbonyl (C=O) groups is 6. The van der Waals surface area contributed by atoms with Crippen LogP contribution in [0.4, 0.5) is 0 Å². The van der Waals surface area contributed by atoms with E-state index in [4.69, 9.17) is 33.2 Å². The monoisotopic (exact) mass is 714 g/mol. The molecule has 7 unspecified atom stereocenters. The van der Waals surface area contributed by atoms with E-state index >= 15 is 0 Å². The van der Waals surface area contributed by atoms with Crippen LogP contribution in [0, 0.1) is 16.7 Å². The molecule has 5 rings (SSSR count). The highest BCUT2D eigenvalue weighted by Gasteiger charge is 2.79. The van der Waals surface area contributed by atoms with Crippen LogP contribution < -0.4 is 0 Å². The highest BCUT2D eigenvalue weighted by Crippen LogP contribution is 2.66. The molecule has 3 aliphatic carbocycles. The molecule has 0 aromatic heterocycles. The largest absolute Gasteiger partial charge is 0.462 e. The van der Waals surface area contributed by atoms with Gasteiger partial charge in [-0.1, -0.05) is 39.0 Å². The maximum atomic E-state index is 14.2. The molecule has 2 bridgehead atoms. The van der Waals surface area contributed by atoms with Crippen LogP contribution in [0.2, 0.25) is 0 Å². The van der Waals surface area contributed by atoms with Gasteiger partial charge in [0.1, 0.15) is 30.0 Å². The molecule has 0 amide bonds. The van der Waals surface area contributed by atoms with Gasteiger partial charge in [-0.05, 0) is 30.2 Å². The first-order valence-corrected chi connectivity index (χ1v) is 16.9. The van der Waals surface area contributed by atoms with E-state index in [9.17, 15) is 33.9 Å².